The number of fused-ring (bicyclic) bond motifs is 1. The Morgan fingerprint density at radius 1 is 1.27 bits per heavy atom. The summed E-state index contributed by atoms with van der Waals surface area (Å²) in [7, 11) is 1.16. The second-order valence-corrected chi connectivity index (χ2v) is 6.38. The van der Waals surface area contributed by atoms with Crippen molar-refractivity contribution in [2.24, 2.45) is 5.92 Å². The molecule has 136 valence electrons. The number of unbranched alkanes of at least 4 members (excludes halogenated alkanes) is 1. The molecule has 0 bridgehead atoms. The van der Waals surface area contributed by atoms with E-state index in [0.717, 1.165) is 25.5 Å². The third-order valence-corrected chi connectivity index (χ3v) is 4.81. The van der Waals surface area contributed by atoms with Crippen molar-refractivity contribution in [2.45, 2.75) is 32.6 Å². The quantitative estimate of drug-likeness (QED) is 0.659. The van der Waals surface area contributed by atoms with Crippen LogP contribution in [0.2, 0.25) is 0 Å². The average molecular weight is 356 g/mol. The minimum atomic E-state index is -0.919. The fraction of sp³-hybridized carbons (Fsp3) is 0.350. The van der Waals surface area contributed by atoms with Crippen molar-refractivity contribution in [2.75, 3.05) is 7.11 Å². The van der Waals surface area contributed by atoms with E-state index in [1.165, 1.54) is 0 Å². The number of rotatable bonds is 4. The van der Waals surface area contributed by atoms with Gasteiger partial charge in [-0.25, -0.2) is 14.4 Å². The number of aliphatic hydroxyl groups excluding tert-OH is 1. The molecule has 1 heterocycles. The zero-order valence-electron chi connectivity index (χ0n) is 14.7. The Hall–Kier alpha value is -2.89. The molecule has 0 aromatic heterocycles. The number of cyclic esters (lactones) is 2. The second kappa shape index (κ2) is 7.15. The highest BCUT2D eigenvalue weighted by molar-refractivity contribution is 6.22. The maximum Gasteiger partial charge on any atom is 0.347 e. The van der Waals surface area contributed by atoms with Crippen LogP contribution in [0.1, 0.15) is 37.3 Å². The van der Waals surface area contributed by atoms with Crippen molar-refractivity contribution in [3.05, 3.63) is 52.1 Å². The summed E-state index contributed by atoms with van der Waals surface area (Å²) in [5, 5.41) is 10.8. The van der Waals surface area contributed by atoms with Gasteiger partial charge in [0.2, 0.25) is 0 Å². The molecule has 2 aliphatic rings. The lowest BCUT2D eigenvalue weighted by molar-refractivity contribution is -0.151. The van der Waals surface area contributed by atoms with E-state index in [2.05, 4.69) is 0 Å². The molecule has 1 aromatic rings. The number of benzene rings is 1. The van der Waals surface area contributed by atoms with E-state index in [4.69, 9.17) is 9.47 Å². The lowest BCUT2D eigenvalue weighted by atomic mass is 9.80. The molecule has 6 heteroatoms. The first-order valence-electron chi connectivity index (χ1n) is 8.60. The van der Waals surface area contributed by atoms with Crippen LogP contribution in [-0.4, -0.2) is 30.1 Å². The maximum atomic E-state index is 12.4. The normalized spacial score (nSPS) is 22.3. The van der Waals surface area contributed by atoms with E-state index in [0.29, 0.717) is 18.4 Å². The molecule has 0 fully saturated rings. The molecule has 1 unspecified atom stereocenters. The van der Waals surface area contributed by atoms with Gasteiger partial charge in [0, 0.05) is 5.56 Å². The Kier molecular flexibility index (Phi) is 4.93. The fourth-order valence-electron chi connectivity index (χ4n) is 3.56. The number of carbonyl (C=O) groups excluding carboxylic acids is 3. The predicted octanol–water partition coefficient (Wildman–Crippen LogP) is 2.87. The Bertz CT molecular complexity index is 846. The van der Waals surface area contributed by atoms with Gasteiger partial charge in [-0.05, 0) is 24.3 Å². The lowest BCUT2D eigenvalue weighted by Gasteiger charge is -2.22. The Labute approximate surface area is 151 Å². The van der Waals surface area contributed by atoms with E-state index < -0.39 is 17.9 Å². The first-order chi connectivity index (χ1) is 12.5. The standard InChI is InChI=1S/C20H20O6/c1-3-4-7-12-10-11-8-5-6-9-13(11)17(21)16(18(22)25-2)15-14(12)19(23)26-20(15)24/h5-6,8-9,12,21H,3-4,7,10H2,1-2H3/b17-16-. The summed E-state index contributed by atoms with van der Waals surface area (Å²) >= 11 is 0. The first kappa shape index (κ1) is 17.9. The number of carbonyl (C=O) groups is 3. The third kappa shape index (κ3) is 2.92. The van der Waals surface area contributed by atoms with Crippen LogP contribution in [0.25, 0.3) is 5.76 Å². The van der Waals surface area contributed by atoms with Gasteiger partial charge in [-0.3, -0.25) is 0 Å². The summed E-state index contributed by atoms with van der Waals surface area (Å²) < 4.78 is 9.57. The molecule has 1 aromatic carbocycles. The topological polar surface area (TPSA) is 89.9 Å². The molecular formula is C20H20O6. The van der Waals surface area contributed by atoms with Gasteiger partial charge in [0.1, 0.15) is 11.3 Å². The Morgan fingerprint density at radius 2 is 2.00 bits per heavy atom. The van der Waals surface area contributed by atoms with Crippen LogP contribution in [0.4, 0.5) is 0 Å². The molecule has 3 rings (SSSR count). The second-order valence-electron chi connectivity index (χ2n) is 6.38. The van der Waals surface area contributed by atoms with Crippen LogP contribution >= 0.6 is 0 Å². The molecule has 0 radical (unpaired) electrons. The van der Waals surface area contributed by atoms with E-state index in [1.807, 2.05) is 19.1 Å². The fourth-order valence-corrected chi connectivity index (χ4v) is 3.56. The molecule has 1 aliphatic heterocycles. The van der Waals surface area contributed by atoms with Crippen LogP contribution in [0, 0.1) is 5.92 Å². The summed E-state index contributed by atoms with van der Waals surface area (Å²) in [6.07, 6.45) is 2.92. The Balaban J connectivity index is 2.32. The lowest BCUT2D eigenvalue weighted by Crippen LogP contribution is -2.21. The maximum absolute atomic E-state index is 12.4. The van der Waals surface area contributed by atoms with Crippen LogP contribution in [-0.2, 0) is 30.3 Å². The number of ether oxygens (including phenoxy) is 2. The van der Waals surface area contributed by atoms with Crippen molar-refractivity contribution in [1.29, 1.82) is 0 Å². The highest BCUT2D eigenvalue weighted by atomic mass is 16.6. The summed E-state index contributed by atoms with van der Waals surface area (Å²) in [5.41, 5.74) is 0.922. The molecule has 0 saturated carbocycles. The monoisotopic (exact) mass is 356 g/mol. The number of methoxy groups -OCH3 is 1. The van der Waals surface area contributed by atoms with Crippen molar-refractivity contribution in [3.8, 4) is 0 Å². The SMILES string of the molecule is CCCCC1Cc2ccccc2/C(O)=C(/C(=O)OC)C2=C1C(=O)OC2=O. The van der Waals surface area contributed by atoms with Gasteiger partial charge in [-0.15, -0.1) is 0 Å². The molecule has 0 spiro atoms. The molecular weight excluding hydrogens is 336 g/mol. The molecule has 1 aliphatic carbocycles. The number of aliphatic hydroxyl groups is 1. The summed E-state index contributed by atoms with van der Waals surface area (Å²) in [6.45, 7) is 2.04. The number of esters is 3. The number of hydrogen-bond donors (Lipinski definition) is 1. The zero-order chi connectivity index (χ0) is 18.8. The summed E-state index contributed by atoms with van der Waals surface area (Å²) in [6, 6.07) is 7.08. The zero-order valence-corrected chi connectivity index (χ0v) is 14.7. The van der Waals surface area contributed by atoms with Crippen molar-refractivity contribution in [1.82, 2.24) is 0 Å². The van der Waals surface area contributed by atoms with Crippen molar-refractivity contribution < 1.29 is 29.0 Å². The van der Waals surface area contributed by atoms with Gasteiger partial charge in [-0.2, -0.15) is 0 Å². The molecule has 1 atom stereocenters. The van der Waals surface area contributed by atoms with Gasteiger partial charge in [-0.1, -0.05) is 44.0 Å². The van der Waals surface area contributed by atoms with Crippen LogP contribution in [0.15, 0.2) is 41.0 Å². The van der Waals surface area contributed by atoms with E-state index in [-0.39, 0.29) is 28.4 Å². The molecule has 6 nitrogen and oxygen atoms in total. The van der Waals surface area contributed by atoms with Crippen LogP contribution < -0.4 is 0 Å². The molecule has 0 amide bonds. The number of hydrogen-bond acceptors (Lipinski definition) is 6. The molecule has 26 heavy (non-hydrogen) atoms. The van der Waals surface area contributed by atoms with E-state index in [9.17, 15) is 19.5 Å². The van der Waals surface area contributed by atoms with Crippen molar-refractivity contribution >= 4 is 23.7 Å². The minimum Gasteiger partial charge on any atom is -0.506 e. The third-order valence-electron chi connectivity index (χ3n) is 4.81. The predicted molar refractivity (Wildman–Crippen MR) is 92.9 cm³/mol. The van der Waals surface area contributed by atoms with Gasteiger partial charge in [0.15, 0.2) is 0 Å². The molecule has 0 saturated heterocycles. The summed E-state index contributed by atoms with van der Waals surface area (Å²) in [4.78, 5) is 37.1. The van der Waals surface area contributed by atoms with Gasteiger partial charge < -0.3 is 14.6 Å². The Morgan fingerprint density at radius 3 is 2.69 bits per heavy atom. The highest BCUT2D eigenvalue weighted by Crippen LogP contribution is 2.40. The van der Waals surface area contributed by atoms with E-state index in [1.54, 1.807) is 12.1 Å². The van der Waals surface area contributed by atoms with Gasteiger partial charge in [0.05, 0.1) is 18.3 Å². The van der Waals surface area contributed by atoms with Crippen molar-refractivity contribution in [3.63, 3.8) is 0 Å². The van der Waals surface area contributed by atoms with Gasteiger partial charge in [0.25, 0.3) is 0 Å². The largest absolute Gasteiger partial charge is 0.506 e. The minimum absolute atomic E-state index is 0.157. The van der Waals surface area contributed by atoms with E-state index >= 15 is 0 Å². The smallest absolute Gasteiger partial charge is 0.347 e. The molecule has 1 N–H and O–H groups in total. The van der Waals surface area contributed by atoms with Gasteiger partial charge >= 0.3 is 17.9 Å². The highest BCUT2D eigenvalue weighted by Gasteiger charge is 2.44. The summed E-state index contributed by atoms with van der Waals surface area (Å²) in [5.74, 6) is -3.21. The average Bonchev–Trinajstić information content (AvgIpc) is 2.91. The van der Waals surface area contributed by atoms with Crippen LogP contribution in [0.3, 0.4) is 0 Å². The van der Waals surface area contributed by atoms with Crippen LogP contribution in [0.5, 0.6) is 0 Å². The first-order valence-corrected chi connectivity index (χ1v) is 8.60.